The quantitative estimate of drug-likeness (QED) is 0.624. The lowest BCUT2D eigenvalue weighted by molar-refractivity contribution is -0.153. The van der Waals surface area contributed by atoms with Crippen molar-refractivity contribution in [2.45, 2.75) is 45.1 Å². The molecule has 1 unspecified atom stereocenters. The fourth-order valence-corrected chi connectivity index (χ4v) is 2.54. The molecular weight excluding hydrogens is 266 g/mol. The van der Waals surface area contributed by atoms with E-state index in [1.165, 1.54) is 4.90 Å². The van der Waals surface area contributed by atoms with Crippen LogP contribution in [0.25, 0.3) is 0 Å². The number of carbonyl (C=O) groups excluding carboxylic acids is 1. The van der Waals surface area contributed by atoms with Crippen LogP contribution in [0.5, 0.6) is 0 Å². The van der Waals surface area contributed by atoms with E-state index >= 15 is 0 Å². The highest BCUT2D eigenvalue weighted by atomic mass is 19.3. The summed E-state index contributed by atoms with van der Waals surface area (Å²) in [4.78, 5) is 13.9. The van der Waals surface area contributed by atoms with Crippen LogP contribution in [0, 0.1) is 5.92 Å². The number of hydrogen-bond donors (Lipinski definition) is 1. The molecule has 1 N–H and O–H groups in total. The van der Waals surface area contributed by atoms with Crippen LogP contribution >= 0.6 is 0 Å². The molecule has 6 heteroatoms. The van der Waals surface area contributed by atoms with E-state index < -0.39 is 12.0 Å². The van der Waals surface area contributed by atoms with Crippen LogP contribution in [-0.4, -0.2) is 56.1 Å². The maximum atomic E-state index is 12.5. The number of likely N-dealkylation sites (N-methyl/N-ethyl adjacent to an activating group) is 1. The third-order valence-corrected chi connectivity index (χ3v) is 3.57. The van der Waals surface area contributed by atoms with Crippen molar-refractivity contribution in [1.29, 1.82) is 0 Å². The molecule has 0 bridgehead atoms. The minimum atomic E-state index is -2.40. The molecule has 1 saturated carbocycles. The second-order valence-electron chi connectivity index (χ2n) is 5.48. The van der Waals surface area contributed by atoms with Gasteiger partial charge in [-0.25, -0.2) is 13.6 Å². The fourth-order valence-electron chi connectivity index (χ4n) is 2.54. The zero-order valence-electron chi connectivity index (χ0n) is 12.6. The molecule has 1 rings (SSSR count). The number of nitrogens with one attached hydrogen (secondary N) is 1. The first-order valence-corrected chi connectivity index (χ1v) is 7.35. The SMILES string of the molecule is CCCNC(CN(C)CC(F)F)(C(=O)OCC)C1CC1. The van der Waals surface area contributed by atoms with Gasteiger partial charge in [-0.1, -0.05) is 6.92 Å². The molecule has 1 aliphatic carbocycles. The molecule has 0 aromatic rings. The Morgan fingerprint density at radius 1 is 1.45 bits per heavy atom. The van der Waals surface area contributed by atoms with Crippen LogP contribution in [0.15, 0.2) is 0 Å². The number of alkyl halides is 2. The summed E-state index contributed by atoms with van der Waals surface area (Å²) in [6.07, 6.45) is 0.369. The molecule has 0 aromatic carbocycles. The van der Waals surface area contributed by atoms with Crippen LogP contribution in [-0.2, 0) is 9.53 Å². The summed E-state index contributed by atoms with van der Waals surface area (Å²) >= 11 is 0. The fraction of sp³-hybridized carbons (Fsp3) is 0.929. The number of carbonyl (C=O) groups is 1. The maximum Gasteiger partial charge on any atom is 0.327 e. The molecule has 1 aliphatic rings. The van der Waals surface area contributed by atoms with E-state index in [4.69, 9.17) is 4.74 Å². The Morgan fingerprint density at radius 2 is 2.10 bits per heavy atom. The van der Waals surface area contributed by atoms with E-state index in [9.17, 15) is 13.6 Å². The smallest absolute Gasteiger partial charge is 0.327 e. The number of hydrogen-bond acceptors (Lipinski definition) is 4. The molecule has 0 amide bonds. The second-order valence-corrected chi connectivity index (χ2v) is 5.48. The zero-order chi connectivity index (χ0) is 15.2. The van der Waals surface area contributed by atoms with E-state index in [-0.39, 0.29) is 25.0 Å². The van der Waals surface area contributed by atoms with Crippen LogP contribution in [0.2, 0.25) is 0 Å². The first-order valence-electron chi connectivity index (χ1n) is 7.35. The summed E-state index contributed by atoms with van der Waals surface area (Å²) < 4.78 is 30.2. The van der Waals surface area contributed by atoms with Crippen molar-refractivity contribution < 1.29 is 18.3 Å². The summed E-state index contributed by atoms with van der Waals surface area (Å²) in [6, 6.07) is 0. The van der Waals surface area contributed by atoms with Gasteiger partial charge in [0.1, 0.15) is 5.54 Å². The predicted molar refractivity (Wildman–Crippen MR) is 73.9 cm³/mol. The van der Waals surface area contributed by atoms with Crippen molar-refractivity contribution in [1.82, 2.24) is 10.2 Å². The van der Waals surface area contributed by atoms with E-state index in [0.717, 1.165) is 19.3 Å². The first kappa shape index (κ1) is 17.3. The van der Waals surface area contributed by atoms with Crippen molar-refractivity contribution in [3.63, 3.8) is 0 Å². The highest BCUT2D eigenvalue weighted by Gasteiger charge is 2.52. The first-order chi connectivity index (χ1) is 9.46. The number of rotatable bonds is 10. The Hall–Kier alpha value is -0.750. The second kappa shape index (κ2) is 7.88. The Bertz CT molecular complexity index is 312. The minimum absolute atomic E-state index is 0.188. The molecule has 0 saturated heterocycles. The van der Waals surface area contributed by atoms with E-state index in [1.807, 2.05) is 6.92 Å². The third kappa shape index (κ3) is 4.66. The third-order valence-electron chi connectivity index (χ3n) is 3.57. The van der Waals surface area contributed by atoms with Gasteiger partial charge in [-0.05, 0) is 45.7 Å². The molecule has 20 heavy (non-hydrogen) atoms. The largest absolute Gasteiger partial charge is 0.465 e. The van der Waals surface area contributed by atoms with Gasteiger partial charge in [0.25, 0.3) is 6.43 Å². The van der Waals surface area contributed by atoms with Gasteiger partial charge in [-0.15, -0.1) is 0 Å². The molecule has 0 radical (unpaired) electrons. The lowest BCUT2D eigenvalue weighted by Gasteiger charge is -2.36. The van der Waals surface area contributed by atoms with Gasteiger partial charge in [0.05, 0.1) is 13.2 Å². The van der Waals surface area contributed by atoms with E-state index in [1.54, 1.807) is 14.0 Å². The summed E-state index contributed by atoms with van der Waals surface area (Å²) in [6.45, 7) is 4.69. The number of esters is 1. The van der Waals surface area contributed by atoms with Gasteiger partial charge in [0.2, 0.25) is 0 Å². The highest BCUT2D eigenvalue weighted by Crippen LogP contribution is 2.41. The molecule has 0 aromatic heterocycles. The van der Waals surface area contributed by atoms with Crippen molar-refractivity contribution in [2.24, 2.45) is 5.92 Å². The Kier molecular flexibility index (Phi) is 6.82. The van der Waals surface area contributed by atoms with Crippen LogP contribution in [0.3, 0.4) is 0 Å². The van der Waals surface area contributed by atoms with Crippen molar-refractivity contribution in [3.8, 4) is 0 Å². The molecule has 118 valence electrons. The van der Waals surface area contributed by atoms with Gasteiger partial charge in [-0.3, -0.25) is 4.90 Å². The Labute approximate surface area is 119 Å². The summed E-state index contributed by atoms with van der Waals surface area (Å²) in [7, 11) is 1.62. The maximum absolute atomic E-state index is 12.5. The Morgan fingerprint density at radius 3 is 2.55 bits per heavy atom. The Balaban J connectivity index is 2.82. The van der Waals surface area contributed by atoms with Gasteiger partial charge in [0.15, 0.2) is 0 Å². The normalized spacial score (nSPS) is 18.4. The molecule has 0 aliphatic heterocycles. The standard InChI is InChI=1S/C14H26F2N2O2/c1-4-8-17-14(11-6-7-11,13(19)20-5-2)10-18(3)9-12(15)16/h11-12,17H,4-10H2,1-3H3. The molecule has 4 nitrogen and oxygen atoms in total. The number of nitrogens with zero attached hydrogens (tertiary/aromatic N) is 1. The van der Waals surface area contributed by atoms with E-state index in [0.29, 0.717) is 13.2 Å². The van der Waals surface area contributed by atoms with Gasteiger partial charge in [0, 0.05) is 6.54 Å². The summed E-state index contributed by atoms with van der Waals surface area (Å²) in [5.74, 6) is -0.120. The summed E-state index contributed by atoms with van der Waals surface area (Å²) in [5, 5.41) is 3.27. The molecule has 1 atom stereocenters. The predicted octanol–water partition coefficient (Wildman–Crippen LogP) is 1.89. The van der Waals surface area contributed by atoms with Crippen LogP contribution < -0.4 is 5.32 Å². The minimum Gasteiger partial charge on any atom is -0.465 e. The van der Waals surface area contributed by atoms with Gasteiger partial charge >= 0.3 is 5.97 Å². The lowest BCUT2D eigenvalue weighted by atomic mass is 9.92. The van der Waals surface area contributed by atoms with E-state index in [2.05, 4.69) is 5.32 Å². The molecule has 0 heterocycles. The van der Waals surface area contributed by atoms with Crippen molar-refractivity contribution in [2.75, 3.05) is 33.3 Å². The number of halogens is 2. The van der Waals surface area contributed by atoms with Crippen LogP contribution in [0.1, 0.15) is 33.1 Å². The molecule has 1 fully saturated rings. The van der Waals surface area contributed by atoms with Crippen LogP contribution in [0.4, 0.5) is 8.78 Å². The molecular formula is C14H26F2N2O2. The van der Waals surface area contributed by atoms with Gasteiger partial charge < -0.3 is 10.1 Å². The molecule has 0 spiro atoms. The number of ether oxygens (including phenoxy) is 1. The topological polar surface area (TPSA) is 41.6 Å². The summed E-state index contributed by atoms with van der Waals surface area (Å²) in [5.41, 5.74) is -0.838. The van der Waals surface area contributed by atoms with Gasteiger partial charge in [-0.2, -0.15) is 0 Å². The van der Waals surface area contributed by atoms with Crippen molar-refractivity contribution >= 4 is 5.97 Å². The average molecular weight is 292 g/mol. The van der Waals surface area contributed by atoms with Crippen molar-refractivity contribution in [3.05, 3.63) is 0 Å². The highest BCUT2D eigenvalue weighted by molar-refractivity contribution is 5.82. The zero-order valence-corrected chi connectivity index (χ0v) is 12.6. The average Bonchev–Trinajstić information content (AvgIpc) is 3.18. The monoisotopic (exact) mass is 292 g/mol. The lowest BCUT2D eigenvalue weighted by Crippen LogP contribution is -2.61.